The van der Waals surface area contributed by atoms with Gasteiger partial charge in [-0.1, -0.05) is 6.07 Å². The average Bonchev–Trinajstić information content (AvgIpc) is 3.03. The third-order valence-electron chi connectivity index (χ3n) is 4.63. The van der Waals surface area contributed by atoms with Gasteiger partial charge in [0.25, 0.3) is 0 Å². The fourth-order valence-electron chi connectivity index (χ4n) is 3.16. The number of rotatable bonds is 7. The van der Waals surface area contributed by atoms with E-state index in [1.165, 1.54) is 6.07 Å². The van der Waals surface area contributed by atoms with Crippen molar-refractivity contribution in [3.05, 3.63) is 29.8 Å². The molecular formula is C18H25FN4O2. The van der Waals surface area contributed by atoms with Crippen LogP contribution < -0.4 is 5.32 Å². The minimum absolute atomic E-state index is 0.0185. The van der Waals surface area contributed by atoms with Crippen molar-refractivity contribution in [2.24, 2.45) is 0 Å². The van der Waals surface area contributed by atoms with Crippen LogP contribution in [0.25, 0.3) is 11.0 Å². The molecule has 1 aliphatic heterocycles. The molecule has 0 spiro atoms. The highest BCUT2D eigenvalue weighted by atomic mass is 19.1. The molecule has 2 aromatic rings. The van der Waals surface area contributed by atoms with Crippen molar-refractivity contribution in [1.29, 1.82) is 0 Å². The number of hydrogen-bond acceptors (Lipinski definition) is 4. The number of nitrogens with one attached hydrogen (secondary N) is 2. The first kappa shape index (κ1) is 17.8. The van der Waals surface area contributed by atoms with Crippen LogP contribution in [0.5, 0.6) is 0 Å². The van der Waals surface area contributed by atoms with Gasteiger partial charge in [-0.25, -0.2) is 9.37 Å². The number of benzene rings is 1. The Hall–Kier alpha value is -1.99. The summed E-state index contributed by atoms with van der Waals surface area (Å²) in [5, 5.41) is 12.4. The molecule has 0 radical (unpaired) electrons. The zero-order chi connectivity index (χ0) is 17.6. The van der Waals surface area contributed by atoms with Crippen molar-refractivity contribution in [2.45, 2.75) is 38.2 Å². The number of aromatic nitrogens is 2. The number of likely N-dealkylation sites (tertiary alicyclic amines) is 1. The number of fused-ring (bicyclic) bond motifs is 1. The number of amides is 1. The van der Waals surface area contributed by atoms with Gasteiger partial charge in [-0.3, -0.25) is 4.79 Å². The third-order valence-corrected chi connectivity index (χ3v) is 4.63. The van der Waals surface area contributed by atoms with E-state index in [1.54, 1.807) is 12.1 Å². The lowest BCUT2D eigenvalue weighted by Gasteiger charge is -2.29. The molecule has 0 aliphatic carbocycles. The fraction of sp³-hybridized carbons (Fsp3) is 0.556. The van der Waals surface area contributed by atoms with Crippen molar-refractivity contribution in [3.8, 4) is 0 Å². The minimum atomic E-state index is -0.352. The number of para-hydroxylation sites is 1. The van der Waals surface area contributed by atoms with Crippen LogP contribution >= 0.6 is 0 Å². The average molecular weight is 348 g/mol. The summed E-state index contributed by atoms with van der Waals surface area (Å²) in [5.41, 5.74) is 0.978. The van der Waals surface area contributed by atoms with Gasteiger partial charge in [0.2, 0.25) is 5.91 Å². The van der Waals surface area contributed by atoms with Crippen molar-refractivity contribution in [3.63, 3.8) is 0 Å². The number of hydrogen-bond donors (Lipinski definition) is 3. The quantitative estimate of drug-likeness (QED) is 0.664. The van der Waals surface area contributed by atoms with Gasteiger partial charge in [0.1, 0.15) is 11.3 Å². The Balaban J connectivity index is 1.34. The number of aryl methyl sites for hydroxylation is 1. The van der Waals surface area contributed by atoms with Crippen LogP contribution in [0.1, 0.15) is 31.5 Å². The smallest absolute Gasteiger partial charge is 0.220 e. The molecule has 0 saturated carbocycles. The maximum Gasteiger partial charge on any atom is 0.220 e. The highest BCUT2D eigenvalue weighted by Crippen LogP contribution is 2.15. The molecule has 25 heavy (non-hydrogen) atoms. The maximum atomic E-state index is 13.6. The fourth-order valence-corrected chi connectivity index (χ4v) is 3.16. The number of imidazole rings is 1. The number of halogens is 1. The molecule has 136 valence electrons. The normalized spacial score (nSPS) is 16.4. The Morgan fingerprint density at radius 2 is 2.20 bits per heavy atom. The second-order valence-electron chi connectivity index (χ2n) is 6.60. The lowest BCUT2D eigenvalue weighted by atomic mass is 10.1. The van der Waals surface area contributed by atoms with E-state index in [0.717, 1.165) is 38.9 Å². The van der Waals surface area contributed by atoms with Crippen molar-refractivity contribution in [1.82, 2.24) is 20.2 Å². The third kappa shape index (κ3) is 4.99. The summed E-state index contributed by atoms with van der Waals surface area (Å²) in [4.78, 5) is 21.5. The zero-order valence-electron chi connectivity index (χ0n) is 14.3. The summed E-state index contributed by atoms with van der Waals surface area (Å²) < 4.78 is 13.6. The second kappa shape index (κ2) is 8.40. The highest BCUT2D eigenvalue weighted by Gasteiger charge is 2.16. The van der Waals surface area contributed by atoms with E-state index in [-0.39, 0.29) is 17.8 Å². The van der Waals surface area contributed by atoms with E-state index in [9.17, 15) is 14.3 Å². The van der Waals surface area contributed by atoms with E-state index in [0.29, 0.717) is 36.2 Å². The summed E-state index contributed by atoms with van der Waals surface area (Å²) in [5.74, 6) is 0.256. The number of H-pyrrole nitrogens is 1. The van der Waals surface area contributed by atoms with Crippen LogP contribution in [0.2, 0.25) is 0 Å². The van der Waals surface area contributed by atoms with Crippen molar-refractivity contribution < 1.29 is 14.3 Å². The first-order valence-electron chi connectivity index (χ1n) is 8.92. The predicted octanol–water partition coefficient (Wildman–Crippen LogP) is 1.60. The lowest BCUT2D eigenvalue weighted by molar-refractivity contribution is -0.121. The first-order chi connectivity index (χ1) is 12.1. The molecule has 0 bridgehead atoms. The summed E-state index contributed by atoms with van der Waals surface area (Å²) in [7, 11) is 0. The minimum Gasteiger partial charge on any atom is -0.393 e. The number of aliphatic hydroxyl groups is 1. The predicted molar refractivity (Wildman–Crippen MR) is 93.7 cm³/mol. The van der Waals surface area contributed by atoms with Crippen molar-refractivity contribution in [2.75, 3.05) is 26.2 Å². The maximum absolute atomic E-state index is 13.6. The van der Waals surface area contributed by atoms with E-state index < -0.39 is 0 Å². The summed E-state index contributed by atoms with van der Waals surface area (Å²) in [6.45, 7) is 3.44. The molecule has 1 aromatic carbocycles. The van der Waals surface area contributed by atoms with Gasteiger partial charge in [0, 0.05) is 32.5 Å². The molecule has 3 N–H and O–H groups in total. The van der Waals surface area contributed by atoms with E-state index in [4.69, 9.17) is 0 Å². The molecule has 7 heteroatoms. The number of aliphatic hydroxyl groups excluding tert-OH is 1. The number of nitrogens with zero attached hydrogens (tertiary/aromatic N) is 2. The van der Waals surface area contributed by atoms with Crippen LogP contribution in [0.4, 0.5) is 4.39 Å². The molecule has 2 heterocycles. The summed E-state index contributed by atoms with van der Waals surface area (Å²) >= 11 is 0. The van der Waals surface area contributed by atoms with Gasteiger partial charge >= 0.3 is 0 Å². The van der Waals surface area contributed by atoms with Gasteiger partial charge in [0.15, 0.2) is 5.82 Å². The van der Waals surface area contributed by atoms with E-state index >= 15 is 0 Å². The molecule has 0 unspecified atom stereocenters. The molecule has 1 fully saturated rings. The molecular weight excluding hydrogens is 323 g/mol. The Bertz CT molecular complexity index is 710. The zero-order valence-corrected chi connectivity index (χ0v) is 14.3. The Morgan fingerprint density at radius 1 is 1.40 bits per heavy atom. The molecule has 0 atom stereocenters. The number of piperidine rings is 1. The molecule has 1 amide bonds. The highest BCUT2D eigenvalue weighted by molar-refractivity contribution is 5.77. The van der Waals surface area contributed by atoms with Crippen molar-refractivity contribution >= 4 is 16.9 Å². The van der Waals surface area contributed by atoms with Gasteiger partial charge in [-0.2, -0.15) is 0 Å². The molecule has 6 nitrogen and oxygen atoms in total. The molecule has 1 aliphatic rings. The second-order valence-corrected chi connectivity index (χ2v) is 6.60. The topological polar surface area (TPSA) is 81.2 Å². The van der Waals surface area contributed by atoms with Gasteiger partial charge in [0.05, 0.1) is 11.6 Å². The molecule has 3 rings (SSSR count). The van der Waals surface area contributed by atoms with Crippen LogP contribution in [-0.4, -0.2) is 58.2 Å². The number of carbonyl (C=O) groups excluding carboxylic acids is 1. The standard InChI is InChI=1S/C18H25FN4O2/c19-14-3-1-4-15-18(14)22-16(21-15)5-6-17(25)20-9-2-10-23-11-7-13(24)8-12-23/h1,3-4,13,24H,2,5-12H2,(H,20,25)(H,21,22). The van der Waals surface area contributed by atoms with Crippen LogP contribution in [0.3, 0.4) is 0 Å². The SMILES string of the molecule is O=C(CCc1nc2c(F)cccc2[nH]1)NCCCN1CCC(O)CC1. The Labute approximate surface area is 146 Å². The van der Waals surface area contributed by atoms with Crippen LogP contribution in [-0.2, 0) is 11.2 Å². The van der Waals surface area contributed by atoms with Gasteiger partial charge in [-0.15, -0.1) is 0 Å². The van der Waals surface area contributed by atoms with Crippen LogP contribution in [0, 0.1) is 5.82 Å². The summed E-state index contributed by atoms with van der Waals surface area (Å²) in [6, 6.07) is 4.78. The molecule has 1 saturated heterocycles. The first-order valence-corrected chi connectivity index (χ1v) is 8.92. The van der Waals surface area contributed by atoms with E-state index in [2.05, 4.69) is 20.2 Å². The Kier molecular flexibility index (Phi) is 5.99. The largest absolute Gasteiger partial charge is 0.393 e. The Morgan fingerprint density at radius 3 is 2.96 bits per heavy atom. The van der Waals surface area contributed by atoms with Gasteiger partial charge in [-0.05, 0) is 37.9 Å². The lowest BCUT2D eigenvalue weighted by Crippen LogP contribution is -2.37. The number of aromatic amines is 1. The number of carbonyl (C=O) groups is 1. The van der Waals surface area contributed by atoms with Gasteiger partial charge < -0.3 is 20.3 Å². The molecule has 1 aromatic heterocycles. The van der Waals surface area contributed by atoms with Crippen LogP contribution in [0.15, 0.2) is 18.2 Å². The van der Waals surface area contributed by atoms with E-state index in [1.807, 2.05) is 0 Å². The monoisotopic (exact) mass is 348 g/mol. The summed E-state index contributed by atoms with van der Waals surface area (Å²) in [6.07, 6.45) is 3.22.